The first-order chi connectivity index (χ1) is 12.9. The van der Waals surface area contributed by atoms with Crippen LogP contribution in [0.2, 0.25) is 5.02 Å². The fourth-order valence-corrected chi connectivity index (χ4v) is 8.11. The smallest absolute Gasteiger partial charge is 0.253 e. The molecule has 0 spiro atoms. The van der Waals surface area contributed by atoms with Gasteiger partial charge in [0.1, 0.15) is 0 Å². The molecule has 5 nitrogen and oxygen atoms in total. The molecule has 142 valence electrons. The number of sulfone groups is 1. The monoisotopic (exact) mass is 440 g/mol. The number of hydrogen-bond acceptors (Lipinski definition) is 5. The summed E-state index contributed by atoms with van der Waals surface area (Å²) in [7, 11) is -3.05. The standard InChI is InChI=1S/C18H17ClN2O3S3/c19-13-5-3-12(4-6-13)9-21-15-10-27(23,24)11-16(15)26-18(21)20-17(22)8-14-2-1-7-25-14/h1-7,15-16H,8-11H2/t15-,16+/m1/s1. The summed E-state index contributed by atoms with van der Waals surface area (Å²) in [5, 5.41) is 3.13. The summed E-state index contributed by atoms with van der Waals surface area (Å²) in [6, 6.07) is 11.1. The average molecular weight is 441 g/mol. The van der Waals surface area contributed by atoms with Crippen LogP contribution in [-0.4, -0.2) is 47.2 Å². The first-order valence-corrected chi connectivity index (χ1v) is 12.4. The molecule has 9 heteroatoms. The van der Waals surface area contributed by atoms with Crippen molar-refractivity contribution >= 4 is 55.6 Å². The van der Waals surface area contributed by atoms with E-state index in [1.807, 2.05) is 46.7 Å². The molecule has 1 aromatic carbocycles. The van der Waals surface area contributed by atoms with Crippen LogP contribution in [-0.2, 0) is 27.6 Å². The fourth-order valence-electron chi connectivity index (χ4n) is 3.32. The van der Waals surface area contributed by atoms with Gasteiger partial charge in [0, 0.05) is 21.7 Å². The summed E-state index contributed by atoms with van der Waals surface area (Å²) in [6.07, 6.45) is 0.268. The number of aliphatic imine (C=N–C) groups is 1. The van der Waals surface area contributed by atoms with Crippen molar-refractivity contribution in [3.63, 3.8) is 0 Å². The number of carbonyl (C=O) groups excluding carboxylic acids is 1. The highest BCUT2D eigenvalue weighted by Crippen LogP contribution is 2.39. The highest BCUT2D eigenvalue weighted by Gasteiger charge is 2.48. The zero-order valence-electron chi connectivity index (χ0n) is 14.2. The zero-order valence-corrected chi connectivity index (χ0v) is 17.5. The molecule has 0 aliphatic carbocycles. The second-order valence-electron chi connectivity index (χ2n) is 6.60. The molecule has 1 aromatic heterocycles. The van der Waals surface area contributed by atoms with E-state index < -0.39 is 9.84 Å². The number of fused-ring (bicyclic) bond motifs is 1. The Labute approximate surface area is 171 Å². The van der Waals surface area contributed by atoms with Gasteiger partial charge >= 0.3 is 0 Å². The van der Waals surface area contributed by atoms with E-state index in [4.69, 9.17) is 11.6 Å². The highest BCUT2D eigenvalue weighted by atomic mass is 35.5. The summed E-state index contributed by atoms with van der Waals surface area (Å²) >= 11 is 8.89. The van der Waals surface area contributed by atoms with Gasteiger partial charge in [0.05, 0.1) is 24.0 Å². The van der Waals surface area contributed by atoms with Gasteiger partial charge in [-0.25, -0.2) is 8.42 Å². The van der Waals surface area contributed by atoms with Gasteiger partial charge in [0.15, 0.2) is 15.0 Å². The van der Waals surface area contributed by atoms with Gasteiger partial charge < -0.3 is 4.90 Å². The van der Waals surface area contributed by atoms with Crippen LogP contribution in [0.5, 0.6) is 0 Å². The van der Waals surface area contributed by atoms with Gasteiger partial charge in [-0.1, -0.05) is 41.6 Å². The minimum atomic E-state index is -3.05. The van der Waals surface area contributed by atoms with E-state index in [2.05, 4.69) is 4.99 Å². The number of benzene rings is 1. The van der Waals surface area contributed by atoms with Crippen LogP contribution in [0.25, 0.3) is 0 Å². The molecule has 2 aromatic rings. The lowest BCUT2D eigenvalue weighted by molar-refractivity contribution is -0.117. The minimum Gasteiger partial charge on any atom is -0.342 e. The van der Waals surface area contributed by atoms with E-state index >= 15 is 0 Å². The lowest BCUT2D eigenvalue weighted by Gasteiger charge is -2.24. The van der Waals surface area contributed by atoms with Gasteiger partial charge in [-0.15, -0.1) is 11.3 Å². The summed E-state index contributed by atoms with van der Waals surface area (Å²) in [6.45, 7) is 0.506. The second-order valence-corrected chi connectivity index (χ2v) is 11.4. The largest absolute Gasteiger partial charge is 0.342 e. The van der Waals surface area contributed by atoms with Crippen molar-refractivity contribution in [2.75, 3.05) is 11.5 Å². The predicted molar refractivity (Wildman–Crippen MR) is 111 cm³/mol. The van der Waals surface area contributed by atoms with Gasteiger partial charge in [0.25, 0.3) is 5.91 Å². The SMILES string of the molecule is O=C(Cc1cccs1)N=C1S[C@H]2CS(=O)(=O)C[C@H]2N1Cc1ccc(Cl)cc1. The molecular weight excluding hydrogens is 424 g/mol. The Morgan fingerprint density at radius 2 is 2.00 bits per heavy atom. The number of carbonyl (C=O) groups is 1. The Kier molecular flexibility index (Phi) is 5.33. The number of amides is 1. The van der Waals surface area contributed by atoms with Crippen LogP contribution in [0.15, 0.2) is 46.8 Å². The molecule has 2 aliphatic rings. The van der Waals surface area contributed by atoms with Crippen molar-refractivity contribution in [1.82, 2.24) is 4.90 Å². The predicted octanol–water partition coefficient (Wildman–Crippen LogP) is 3.24. The van der Waals surface area contributed by atoms with Crippen LogP contribution in [0.4, 0.5) is 0 Å². The Balaban J connectivity index is 1.58. The lowest BCUT2D eigenvalue weighted by Crippen LogP contribution is -2.37. The van der Waals surface area contributed by atoms with E-state index in [1.54, 1.807) is 0 Å². The van der Waals surface area contributed by atoms with E-state index in [9.17, 15) is 13.2 Å². The zero-order chi connectivity index (χ0) is 19.0. The maximum atomic E-state index is 12.4. The number of halogens is 1. The first-order valence-electron chi connectivity index (χ1n) is 8.42. The molecule has 0 saturated carbocycles. The summed E-state index contributed by atoms with van der Waals surface area (Å²) in [5.74, 6) is 0.0393. The number of thioether (sulfide) groups is 1. The van der Waals surface area contributed by atoms with Crippen LogP contribution in [0.3, 0.4) is 0 Å². The van der Waals surface area contributed by atoms with Crippen molar-refractivity contribution in [2.24, 2.45) is 4.99 Å². The number of hydrogen-bond donors (Lipinski definition) is 0. The first kappa shape index (κ1) is 19.0. The molecule has 0 bridgehead atoms. The van der Waals surface area contributed by atoms with Crippen molar-refractivity contribution in [2.45, 2.75) is 24.3 Å². The highest BCUT2D eigenvalue weighted by molar-refractivity contribution is 8.15. The Bertz CT molecular complexity index is 972. The van der Waals surface area contributed by atoms with Crippen LogP contribution in [0, 0.1) is 0 Å². The summed E-state index contributed by atoms with van der Waals surface area (Å²) in [4.78, 5) is 19.7. The Hall–Kier alpha value is -1.35. The van der Waals surface area contributed by atoms with E-state index in [0.717, 1.165) is 10.4 Å². The molecule has 3 heterocycles. The van der Waals surface area contributed by atoms with E-state index in [0.29, 0.717) is 16.7 Å². The molecule has 0 unspecified atom stereocenters. The second kappa shape index (κ2) is 7.58. The maximum Gasteiger partial charge on any atom is 0.253 e. The van der Waals surface area contributed by atoms with Gasteiger partial charge in [-0.2, -0.15) is 4.99 Å². The summed E-state index contributed by atoms with van der Waals surface area (Å²) < 4.78 is 24.1. The number of nitrogens with zero attached hydrogens (tertiary/aromatic N) is 2. The quantitative estimate of drug-likeness (QED) is 0.730. The molecule has 4 rings (SSSR count). The average Bonchev–Trinajstić information content (AvgIpc) is 3.27. The molecular formula is C18H17ClN2O3S3. The molecule has 2 fully saturated rings. The molecule has 0 N–H and O–H groups in total. The molecule has 0 radical (unpaired) electrons. The summed E-state index contributed by atoms with van der Waals surface area (Å²) in [5.41, 5.74) is 1.00. The van der Waals surface area contributed by atoms with Crippen LogP contribution < -0.4 is 0 Å². The molecule has 1 amide bonds. The minimum absolute atomic E-state index is 0.0735. The van der Waals surface area contributed by atoms with Crippen LogP contribution in [0.1, 0.15) is 10.4 Å². The third-order valence-corrected chi connectivity index (χ3v) is 8.94. The molecule has 2 atom stereocenters. The van der Waals surface area contributed by atoms with Crippen molar-refractivity contribution in [3.05, 3.63) is 57.2 Å². The van der Waals surface area contributed by atoms with Gasteiger partial charge in [0.2, 0.25) is 0 Å². The number of amidine groups is 1. The normalized spacial score (nSPS) is 25.1. The molecule has 2 saturated heterocycles. The number of thiophene rings is 1. The van der Waals surface area contributed by atoms with Gasteiger partial charge in [-0.3, -0.25) is 4.79 Å². The fraction of sp³-hybridized carbons (Fsp3) is 0.333. The van der Waals surface area contributed by atoms with Crippen molar-refractivity contribution in [1.29, 1.82) is 0 Å². The van der Waals surface area contributed by atoms with Crippen molar-refractivity contribution in [3.8, 4) is 0 Å². The molecule has 27 heavy (non-hydrogen) atoms. The maximum absolute atomic E-state index is 12.4. The Morgan fingerprint density at radius 1 is 1.22 bits per heavy atom. The lowest BCUT2D eigenvalue weighted by atomic mass is 10.1. The number of rotatable bonds is 4. The van der Waals surface area contributed by atoms with Crippen LogP contribution >= 0.6 is 34.7 Å². The topological polar surface area (TPSA) is 66.8 Å². The van der Waals surface area contributed by atoms with Gasteiger partial charge in [-0.05, 0) is 29.1 Å². The molecule has 2 aliphatic heterocycles. The Morgan fingerprint density at radius 3 is 2.70 bits per heavy atom. The van der Waals surface area contributed by atoms with E-state index in [1.165, 1.54) is 23.1 Å². The van der Waals surface area contributed by atoms with Crippen molar-refractivity contribution < 1.29 is 13.2 Å². The third-order valence-electron chi connectivity index (χ3n) is 4.57. The van der Waals surface area contributed by atoms with E-state index in [-0.39, 0.29) is 35.1 Å². The third kappa shape index (κ3) is 4.39.